The maximum atomic E-state index is 12.6. The molecule has 2 amide bonds. The first-order valence-electron chi connectivity index (χ1n) is 7.43. The van der Waals surface area contributed by atoms with Crippen molar-refractivity contribution in [1.82, 2.24) is 4.90 Å². The van der Waals surface area contributed by atoms with Gasteiger partial charge in [-0.3, -0.25) is 9.59 Å². The zero-order valence-corrected chi connectivity index (χ0v) is 13.6. The molecule has 114 valence electrons. The smallest absolute Gasteiger partial charge is 0.264 e. The summed E-state index contributed by atoms with van der Waals surface area (Å²) >= 11 is 3.25. The average molecular weight is 324 g/mol. The molecule has 6 heteroatoms. The van der Waals surface area contributed by atoms with Crippen LogP contribution in [0, 0.1) is 0 Å². The molecule has 1 saturated heterocycles. The lowest BCUT2D eigenvalue weighted by atomic mass is 9.87. The molecule has 1 aliphatic heterocycles. The van der Waals surface area contributed by atoms with Gasteiger partial charge in [-0.05, 0) is 25.0 Å². The van der Waals surface area contributed by atoms with Crippen molar-refractivity contribution < 1.29 is 9.59 Å². The van der Waals surface area contributed by atoms with E-state index in [0.29, 0.717) is 9.75 Å². The van der Waals surface area contributed by atoms with Crippen LogP contribution in [0.15, 0.2) is 12.1 Å². The molecule has 1 aromatic heterocycles. The van der Waals surface area contributed by atoms with E-state index in [9.17, 15) is 9.59 Å². The number of thioether (sulfide) groups is 1. The van der Waals surface area contributed by atoms with Crippen LogP contribution in [0.1, 0.15) is 51.4 Å². The third kappa shape index (κ3) is 3.11. The van der Waals surface area contributed by atoms with Gasteiger partial charge in [0.05, 0.1) is 9.75 Å². The minimum absolute atomic E-state index is 0.0535. The standard InChI is InChI=1S/C15H20N2O2S2/c16-13(18)11-4-5-12(21-11)14(19)17-8-9-20-15(10-17)6-2-1-3-7-15/h4-5H,1-3,6-10H2,(H2,16,18). The summed E-state index contributed by atoms with van der Waals surface area (Å²) in [5.74, 6) is 0.606. The van der Waals surface area contributed by atoms with Crippen LogP contribution in [0.25, 0.3) is 0 Å². The van der Waals surface area contributed by atoms with Crippen LogP contribution in [0.2, 0.25) is 0 Å². The van der Waals surface area contributed by atoms with Crippen molar-refractivity contribution in [3.63, 3.8) is 0 Å². The number of hydrogen-bond acceptors (Lipinski definition) is 4. The lowest BCUT2D eigenvalue weighted by Crippen LogP contribution is -2.49. The predicted molar refractivity (Wildman–Crippen MR) is 87.0 cm³/mol. The summed E-state index contributed by atoms with van der Waals surface area (Å²) in [5.41, 5.74) is 5.26. The molecule has 1 aliphatic carbocycles. The molecule has 2 heterocycles. The van der Waals surface area contributed by atoms with Crippen molar-refractivity contribution in [2.75, 3.05) is 18.8 Å². The highest BCUT2D eigenvalue weighted by Crippen LogP contribution is 2.43. The Balaban J connectivity index is 1.73. The Morgan fingerprint density at radius 3 is 2.52 bits per heavy atom. The number of primary amides is 1. The molecule has 0 unspecified atom stereocenters. The Hall–Kier alpha value is -1.01. The van der Waals surface area contributed by atoms with Crippen molar-refractivity contribution in [2.45, 2.75) is 36.9 Å². The van der Waals surface area contributed by atoms with Gasteiger partial charge in [-0.2, -0.15) is 11.8 Å². The van der Waals surface area contributed by atoms with Crippen LogP contribution in [0.4, 0.5) is 0 Å². The van der Waals surface area contributed by atoms with Crippen LogP contribution in [0.5, 0.6) is 0 Å². The second-order valence-electron chi connectivity index (χ2n) is 5.85. The highest BCUT2D eigenvalue weighted by atomic mass is 32.2. The van der Waals surface area contributed by atoms with E-state index in [-0.39, 0.29) is 10.7 Å². The summed E-state index contributed by atoms with van der Waals surface area (Å²) in [4.78, 5) is 26.8. The lowest BCUT2D eigenvalue weighted by molar-refractivity contribution is 0.0735. The molecule has 0 radical (unpaired) electrons. The van der Waals surface area contributed by atoms with Crippen LogP contribution in [-0.4, -0.2) is 40.3 Å². The third-order valence-corrected chi connectivity index (χ3v) is 6.98. The van der Waals surface area contributed by atoms with Gasteiger partial charge in [0.1, 0.15) is 0 Å². The summed E-state index contributed by atoms with van der Waals surface area (Å²) in [7, 11) is 0. The zero-order chi connectivity index (χ0) is 14.9. The number of thiophene rings is 1. The zero-order valence-electron chi connectivity index (χ0n) is 12.0. The van der Waals surface area contributed by atoms with Crippen molar-refractivity contribution in [1.29, 1.82) is 0 Å². The molecule has 0 aromatic carbocycles. The number of rotatable bonds is 2. The van der Waals surface area contributed by atoms with Gasteiger partial charge in [0.2, 0.25) is 0 Å². The van der Waals surface area contributed by atoms with Gasteiger partial charge < -0.3 is 10.6 Å². The minimum Gasteiger partial charge on any atom is -0.365 e. The predicted octanol–water partition coefficient (Wildman–Crippen LogP) is 2.74. The number of nitrogens with two attached hydrogens (primary N) is 1. The van der Waals surface area contributed by atoms with Gasteiger partial charge in [0.25, 0.3) is 11.8 Å². The van der Waals surface area contributed by atoms with Gasteiger partial charge in [-0.1, -0.05) is 19.3 Å². The summed E-state index contributed by atoms with van der Waals surface area (Å²) in [6, 6.07) is 3.37. The highest BCUT2D eigenvalue weighted by molar-refractivity contribution is 8.00. The van der Waals surface area contributed by atoms with E-state index in [2.05, 4.69) is 0 Å². The van der Waals surface area contributed by atoms with Crippen molar-refractivity contribution in [2.24, 2.45) is 5.73 Å². The second kappa shape index (κ2) is 6.01. The Bertz CT molecular complexity index is 544. The van der Waals surface area contributed by atoms with Gasteiger partial charge in [0, 0.05) is 23.6 Å². The SMILES string of the molecule is NC(=O)c1ccc(C(=O)N2CCSC3(CCCCC3)C2)s1. The average Bonchev–Trinajstić information content (AvgIpc) is 2.97. The topological polar surface area (TPSA) is 63.4 Å². The molecule has 0 bridgehead atoms. The molecule has 1 saturated carbocycles. The second-order valence-corrected chi connectivity index (χ2v) is 8.49. The largest absolute Gasteiger partial charge is 0.365 e. The molecule has 3 rings (SSSR count). The van der Waals surface area contributed by atoms with Crippen LogP contribution in [-0.2, 0) is 0 Å². The first-order chi connectivity index (χ1) is 10.1. The number of carbonyl (C=O) groups excluding carboxylic acids is 2. The first kappa shape index (κ1) is 14.9. The van der Waals surface area contributed by atoms with E-state index < -0.39 is 5.91 Å². The molecular formula is C15H20N2O2S2. The molecule has 1 spiro atoms. The molecular weight excluding hydrogens is 304 g/mol. The quantitative estimate of drug-likeness (QED) is 0.910. The van der Waals surface area contributed by atoms with Crippen LogP contribution >= 0.6 is 23.1 Å². The van der Waals surface area contributed by atoms with E-state index in [1.165, 1.54) is 43.4 Å². The molecule has 2 aliphatic rings. The normalized spacial score (nSPS) is 21.4. The maximum Gasteiger partial charge on any atom is 0.264 e. The summed E-state index contributed by atoms with van der Waals surface area (Å²) in [5, 5.41) is 0. The number of carbonyl (C=O) groups is 2. The van der Waals surface area contributed by atoms with Crippen LogP contribution in [0.3, 0.4) is 0 Å². The molecule has 2 fully saturated rings. The number of hydrogen-bond donors (Lipinski definition) is 1. The van der Waals surface area contributed by atoms with E-state index in [1.807, 2.05) is 16.7 Å². The maximum absolute atomic E-state index is 12.6. The Morgan fingerprint density at radius 2 is 1.86 bits per heavy atom. The summed E-state index contributed by atoms with van der Waals surface area (Å²) in [6.07, 6.45) is 6.32. The number of amides is 2. The van der Waals surface area contributed by atoms with E-state index in [0.717, 1.165) is 18.8 Å². The van der Waals surface area contributed by atoms with Crippen molar-refractivity contribution in [3.05, 3.63) is 21.9 Å². The van der Waals surface area contributed by atoms with E-state index in [1.54, 1.807) is 12.1 Å². The fourth-order valence-electron chi connectivity index (χ4n) is 3.26. The molecule has 2 N–H and O–H groups in total. The summed E-state index contributed by atoms with van der Waals surface area (Å²) < 4.78 is 0.274. The summed E-state index contributed by atoms with van der Waals surface area (Å²) in [6.45, 7) is 1.65. The van der Waals surface area contributed by atoms with Crippen LogP contribution < -0.4 is 5.73 Å². The highest BCUT2D eigenvalue weighted by Gasteiger charge is 2.39. The Morgan fingerprint density at radius 1 is 1.14 bits per heavy atom. The lowest BCUT2D eigenvalue weighted by Gasteiger charge is -2.44. The van der Waals surface area contributed by atoms with Crippen molar-refractivity contribution in [3.8, 4) is 0 Å². The van der Waals surface area contributed by atoms with E-state index in [4.69, 9.17) is 5.73 Å². The van der Waals surface area contributed by atoms with Gasteiger partial charge >= 0.3 is 0 Å². The Labute approximate surface area is 133 Å². The molecule has 0 atom stereocenters. The fraction of sp³-hybridized carbons (Fsp3) is 0.600. The molecule has 4 nitrogen and oxygen atoms in total. The Kier molecular flexibility index (Phi) is 4.26. The minimum atomic E-state index is -0.461. The number of nitrogens with zero attached hydrogens (tertiary/aromatic N) is 1. The first-order valence-corrected chi connectivity index (χ1v) is 9.23. The molecule has 1 aromatic rings. The third-order valence-electron chi connectivity index (χ3n) is 4.36. The van der Waals surface area contributed by atoms with Gasteiger partial charge in [-0.25, -0.2) is 0 Å². The monoisotopic (exact) mass is 324 g/mol. The fourth-order valence-corrected chi connectivity index (χ4v) is 5.65. The molecule has 21 heavy (non-hydrogen) atoms. The van der Waals surface area contributed by atoms with Crippen molar-refractivity contribution >= 4 is 34.9 Å². The van der Waals surface area contributed by atoms with E-state index >= 15 is 0 Å². The van der Waals surface area contributed by atoms with Gasteiger partial charge in [0.15, 0.2) is 0 Å². The van der Waals surface area contributed by atoms with Gasteiger partial charge in [-0.15, -0.1) is 11.3 Å².